The molecule has 1 aliphatic rings. The molecule has 3 aromatic carbocycles. The van der Waals surface area contributed by atoms with E-state index in [-0.39, 0.29) is 0 Å². The van der Waals surface area contributed by atoms with E-state index in [4.69, 9.17) is 0 Å². The summed E-state index contributed by atoms with van der Waals surface area (Å²) < 4.78 is 2.40. The lowest BCUT2D eigenvalue weighted by atomic mass is 9.94. The third-order valence-electron chi connectivity index (χ3n) is 4.69. The van der Waals surface area contributed by atoms with Crippen LogP contribution in [0.15, 0.2) is 54.7 Å². The van der Waals surface area contributed by atoms with Crippen molar-refractivity contribution in [2.24, 2.45) is 0 Å². The quantitative estimate of drug-likeness (QED) is 0.290. The fourth-order valence-electron chi connectivity index (χ4n) is 3.75. The SMILES string of the molecule is Cc1ccc2c3ccccc3c3ccc[n+]4c3c2c1C4. The third-order valence-corrected chi connectivity index (χ3v) is 4.69. The summed E-state index contributed by atoms with van der Waals surface area (Å²) in [5, 5.41) is 6.96. The Hall–Kier alpha value is -2.41. The second kappa shape index (κ2) is 3.37. The highest BCUT2D eigenvalue weighted by Crippen LogP contribution is 2.38. The maximum Gasteiger partial charge on any atom is 0.221 e. The van der Waals surface area contributed by atoms with Gasteiger partial charge in [0.15, 0.2) is 12.7 Å². The van der Waals surface area contributed by atoms with E-state index in [9.17, 15) is 0 Å². The van der Waals surface area contributed by atoms with Crippen LogP contribution < -0.4 is 4.57 Å². The lowest BCUT2D eigenvalue weighted by molar-refractivity contribution is -0.657. The van der Waals surface area contributed by atoms with Gasteiger partial charge in [-0.25, -0.2) is 0 Å². The molecule has 0 N–H and O–H groups in total. The Balaban J connectivity index is 2.26. The Kier molecular flexibility index (Phi) is 1.75. The van der Waals surface area contributed by atoms with Crippen LogP contribution in [0.25, 0.3) is 32.4 Å². The number of fused-ring (bicyclic) bond motifs is 3. The van der Waals surface area contributed by atoms with Crippen LogP contribution in [0.5, 0.6) is 0 Å². The molecule has 0 saturated heterocycles. The fourth-order valence-corrected chi connectivity index (χ4v) is 3.75. The lowest BCUT2D eigenvalue weighted by Gasteiger charge is -2.06. The van der Waals surface area contributed by atoms with Gasteiger partial charge in [-0.2, -0.15) is 4.57 Å². The molecule has 0 saturated carbocycles. The predicted molar refractivity (Wildman–Crippen MR) is 83.0 cm³/mol. The molecule has 1 aromatic heterocycles. The van der Waals surface area contributed by atoms with Crippen LogP contribution in [-0.4, -0.2) is 0 Å². The van der Waals surface area contributed by atoms with Crippen LogP contribution in [0.3, 0.4) is 0 Å². The highest BCUT2D eigenvalue weighted by molar-refractivity contribution is 6.24. The fraction of sp³-hybridized carbons (Fsp3) is 0.105. The van der Waals surface area contributed by atoms with Gasteiger partial charge in [0.2, 0.25) is 5.52 Å². The number of hydrogen-bond acceptors (Lipinski definition) is 0. The number of nitrogens with zero attached hydrogens (tertiary/aromatic N) is 1. The van der Waals surface area contributed by atoms with Crippen molar-refractivity contribution in [1.29, 1.82) is 0 Å². The highest BCUT2D eigenvalue weighted by atomic mass is 15.0. The minimum absolute atomic E-state index is 1.01. The molecule has 5 rings (SSSR count). The number of pyridine rings is 1. The third kappa shape index (κ3) is 1.07. The van der Waals surface area contributed by atoms with Crippen molar-refractivity contribution in [3.05, 3.63) is 65.9 Å². The molecule has 2 heterocycles. The minimum atomic E-state index is 1.01. The number of benzene rings is 3. The lowest BCUT2D eigenvalue weighted by Crippen LogP contribution is -2.30. The van der Waals surface area contributed by atoms with E-state index in [1.165, 1.54) is 43.6 Å². The van der Waals surface area contributed by atoms with Crippen LogP contribution in [0.2, 0.25) is 0 Å². The molecule has 1 aliphatic heterocycles. The molecule has 0 unspecified atom stereocenters. The average molecular weight is 256 g/mol. The molecular formula is C19H14N+. The molecular weight excluding hydrogens is 242 g/mol. The Morgan fingerprint density at radius 1 is 0.800 bits per heavy atom. The molecule has 20 heavy (non-hydrogen) atoms. The Morgan fingerprint density at radius 3 is 2.40 bits per heavy atom. The van der Waals surface area contributed by atoms with Gasteiger partial charge in [0.25, 0.3) is 0 Å². The number of aromatic nitrogens is 1. The maximum atomic E-state index is 2.40. The zero-order chi connectivity index (χ0) is 13.3. The second-order valence-corrected chi connectivity index (χ2v) is 5.73. The molecule has 0 bridgehead atoms. The first kappa shape index (κ1) is 10.4. The molecule has 1 heteroatoms. The number of aryl methyl sites for hydroxylation is 1. The van der Waals surface area contributed by atoms with Crippen molar-refractivity contribution in [2.75, 3.05) is 0 Å². The second-order valence-electron chi connectivity index (χ2n) is 5.73. The smallest absolute Gasteiger partial charge is 0.193 e. The topological polar surface area (TPSA) is 3.88 Å². The van der Waals surface area contributed by atoms with Crippen LogP contribution in [0, 0.1) is 6.92 Å². The summed E-state index contributed by atoms with van der Waals surface area (Å²) in [5.74, 6) is 0. The van der Waals surface area contributed by atoms with E-state index in [0.29, 0.717) is 0 Å². The van der Waals surface area contributed by atoms with E-state index in [2.05, 4.69) is 66.2 Å². The van der Waals surface area contributed by atoms with Crippen molar-refractivity contribution in [3.8, 4) is 0 Å². The van der Waals surface area contributed by atoms with Gasteiger partial charge in [-0.1, -0.05) is 36.4 Å². The van der Waals surface area contributed by atoms with Crippen LogP contribution in [-0.2, 0) is 6.54 Å². The van der Waals surface area contributed by atoms with Gasteiger partial charge in [-0.3, -0.25) is 0 Å². The number of hydrogen-bond donors (Lipinski definition) is 0. The molecule has 4 aromatic rings. The van der Waals surface area contributed by atoms with Crippen molar-refractivity contribution in [1.82, 2.24) is 0 Å². The molecule has 0 fully saturated rings. The normalized spacial score (nSPS) is 13.1. The zero-order valence-corrected chi connectivity index (χ0v) is 11.4. The van der Waals surface area contributed by atoms with Crippen molar-refractivity contribution >= 4 is 32.4 Å². The Morgan fingerprint density at radius 2 is 1.55 bits per heavy atom. The molecule has 94 valence electrons. The van der Waals surface area contributed by atoms with Crippen LogP contribution >= 0.6 is 0 Å². The first-order chi connectivity index (χ1) is 9.84. The van der Waals surface area contributed by atoms with Crippen molar-refractivity contribution in [3.63, 3.8) is 0 Å². The van der Waals surface area contributed by atoms with E-state index in [1.807, 2.05) is 0 Å². The van der Waals surface area contributed by atoms with Gasteiger partial charge >= 0.3 is 0 Å². The maximum absolute atomic E-state index is 2.40. The molecule has 1 nitrogen and oxygen atoms in total. The molecule has 0 aliphatic carbocycles. The van der Waals surface area contributed by atoms with E-state index in [0.717, 1.165) is 6.54 Å². The van der Waals surface area contributed by atoms with Gasteiger partial charge in [0.1, 0.15) is 0 Å². The van der Waals surface area contributed by atoms with Crippen molar-refractivity contribution in [2.45, 2.75) is 13.5 Å². The van der Waals surface area contributed by atoms with Gasteiger partial charge in [0, 0.05) is 11.6 Å². The summed E-state index contributed by atoms with van der Waals surface area (Å²) in [7, 11) is 0. The molecule has 0 atom stereocenters. The average Bonchev–Trinajstić information content (AvgIpc) is 2.89. The van der Waals surface area contributed by atoms with Crippen LogP contribution in [0.1, 0.15) is 11.1 Å². The Labute approximate surface area is 117 Å². The largest absolute Gasteiger partial charge is 0.221 e. The number of rotatable bonds is 0. The monoisotopic (exact) mass is 256 g/mol. The molecule has 0 radical (unpaired) electrons. The van der Waals surface area contributed by atoms with Gasteiger partial charge in [-0.05, 0) is 34.7 Å². The van der Waals surface area contributed by atoms with Gasteiger partial charge in [-0.15, -0.1) is 0 Å². The summed E-state index contributed by atoms with van der Waals surface area (Å²) in [6.45, 7) is 3.23. The zero-order valence-electron chi connectivity index (χ0n) is 11.4. The van der Waals surface area contributed by atoms with Crippen molar-refractivity contribution < 1.29 is 4.57 Å². The summed E-state index contributed by atoms with van der Waals surface area (Å²) in [5.41, 5.74) is 4.29. The first-order valence-corrected chi connectivity index (χ1v) is 7.09. The first-order valence-electron chi connectivity index (χ1n) is 7.09. The molecule has 0 amide bonds. The standard InChI is InChI=1S/C19H14N/c1-12-8-9-15-13-5-2-3-6-14(13)16-7-4-10-20-11-17(12)18(15)19(16)20/h2-10H,11H2,1H3/q+1. The summed E-state index contributed by atoms with van der Waals surface area (Å²) in [6, 6.07) is 17.7. The van der Waals surface area contributed by atoms with E-state index in [1.54, 1.807) is 0 Å². The summed E-state index contributed by atoms with van der Waals surface area (Å²) >= 11 is 0. The predicted octanol–water partition coefficient (Wildman–Crippen LogP) is 4.10. The summed E-state index contributed by atoms with van der Waals surface area (Å²) in [6.07, 6.45) is 2.20. The van der Waals surface area contributed by atoms with E-state index >= 15 is 0 Å². The molecule has 0 spiro atoms. The van der Waals surface area contributed by atoms with Crippen LogP contribution in [0.4, 0.5) is 0 Å². The Bertz CT molecular complexity index is 1030. The van der Waals surface area contributed by atoms with Gasteiger partial charge in [0.05, 0.1) is 10.8 Å². The van der Waals surface area contributed by atoms with Gasteiger partial charge < -0.3 is 0 Å². The van der Waals surface area contributed by atoms with E-state index < -0.39 is 0 Å². The minimum Gasteiger partial charge on any atom is -0.193 e. The summed E-state index contributed by atoms with van der Waals surface area (Å²) in [4.78, 5) is 0. The highest BCUT2D eigenvalue weighted by Gasteiger charge is 2.27.